The lowest BCUT2D eigenvalue weighted by atomic mass is 10.1. The fourth-order valence-corrected chi connectivity index (χ4v) is 1.49. The van der Waals surface area contributed by atoms with Crippen LogP contribution in [0.5, 0.6) is 5.75 Å². The summed E-state index contributed by atoms with van der Waals surface area (Å²) in [6.07, 6.45) is 3.49. The zero-order chi connectivity index (χ0) is 12.3. The van der Waals surface area contributed by atoms with E-state index in [9.17, 15) is 4.79 Å². The molecule has 1 aromatic heterocycles. The molecule has 0 radical (unpaired) electrons. The molecular weight excluding hydrogens is 216 g/mol. The van der Waals surface area contributed by atoms with Gasteiger partial charge in [-0.05, 0) is 19.1 Å². The number of imidazole rings is 1. The van der Waals surface area contributed by atoms with Crippen LogP contribution in [0.25, 0.3) is 0 Å². The predicted molar refractivity (Wildman–Crippen MR) is 64.0 cm³/mol. The highest BCUT2D eigenvalue weighted by Gasteiger charge is 2.03. The number of nitrogens with zero attached hydrogens (tertiary/aromatic N) is 2. The zero-order valence-electron chi connectivity index (χ0n) is 9.88. The van der Waals surface area contributed by atoms with Crippen molar-refractivity contribution >= 4 is 5.78 Å². The van der Waals surface area contributed by atoms with Crippen LogP contribution in [0, 0.1) is 0 Å². The van der Waals surface area contributed by atoms with Crippen molar-refractivity contribution in [2.45, 2.75) is 13.5 Å². The van der Waals surface area contributed by atoms with E-state index in [0.29, 0.717) is 17.9 Å². The number of carbonyl (C=O) groups is 1. The highest BCUT2D eigenvalue weighted by molar-refractivity contribution is 5.94. The van der Waals surface area contributed by atoms with Gasteiger partial charge >= 0.3 is 0 Å². The van der Waals surface area contributed by atoms with Crippen LogP contribution in [-0.2, 0) is 13.7 Å². The van der Waals surface area contributed by atoms with Crippen LogP contribution < -0.4 is 4.74 Å². The van der Waals surface area contributed by atoms with Gasteiger partial charge in [0.2, 0.25) is 0 Å². The van der Waals surface area contributed by atoms with Crippen molar-refractivity contribution in [1.82, 2.24) is 9.55 Å². The van der Waals surface area contributed by atoms with E-state index in [1.165, 1.54) is 0 Å². The van der Waals surface area contributed by atoms with Crippen molar-refractivity contribution in [3.8, 4) is 5.75 Å². The molecule has 0 saturated carbocycles. The van der Waals surface area contributed by atoms with Crippen molar-refractivity contribution < 1.29 is 9.53 Å². The van der Waals surface area contributed by atoms with Gasteiger partial charge in [-0.1, -0.05) is 12.1 Å². The van der Waals surface area contributed by atoms with E-state index in [1.807, 2.05) is 23.7 Å². The summed E-state index contributed by atoms with van der Waals surface area (Å²) in [5.41, 5.74) is 1.64. The molecule has 0 bridgehead atoms. The molecule has 0 atom stereocenters. The molecule has 88 valence electrons. The Morgan fingerprint density at radius 1 is 1.47 bits per heavy atom. The summed E-state index contributed by atoms with van der Waals surface area (Å²) in [5, 5.41) is 0. The average Bonchev–Trinajstić information content (AvgIpc) is 2.72. The fourth-order valence-electron chi connectivity index (χ4n) is 1.49. The number of benzene rings is 1. The summed E-state index contributed by atoms with van der Waals surface area (Å²) < 4.78 is 7.51. The standard InChI is InChI=1S/C13H14N2O2/c1-10(16)11-4-3-5-13(6-11)17-8-12-7-14-9-15(12)2/h3-7,9H,8H2,1-2H3. The SMILES string of the molecule is CC(=O)c1cccc(OCc2cncn2C)c1. The number of carbonyl (C=O) groups excluding carboxylic acids is 1. The van der Waals surface area contributed by atoms with Crippen LogP contribution in [0.15, 0.2) is 36.8 Å². The molecule has 2 rings (SSSR count). The minimum absolute atomic E-state index is 0.0379. The van der Waals surface area contributed by atoms with Gasteiger partial charge in [-0.3, -0.25) is 4.79 Å². The lowest BCUT2D eigenvalue weighted by Gasteiger charge is -2.07. The number of hydrogen-bond acceptors (Lipinski definition) is 3. The number of ketones is 1. The number of rotatable bonds is 4. The zero-order valence-corrected chi connectivity index (χ0v) is 9.88. The molecule has 2 aromatic rings. The third-order valence-electron chi connectivity index (χ3n) is 2.54. The first kappa shape index (κ1) is 11.4. The summed E-state index contributed by atoms with van der Waals surface area (Å²) in [5.74, 6) is 0.731. The first-order valence-electron chi connectivity index (χ1n) is 5.36. The molecule has 0 aliphatic heterocycles. The smallest absolute Gasteiger partial charge is 0.159 e. The van der Waals surface area contributed by atoms with Gasteiger partial charge in [0.05, 0.1) is 18.2 Å². The number of Topliss-reactive ketones (excluding diaryl/α,β-unsaturated/α-hetero) is 1. The largest absolute Gasteiger partial charge is 0.487 e. The van der Waals surface area contributed by atoms with E-state index >= 15 is 0 Å². The van der Waals surface area contributed by atoms with Gasteiger partial charge in [-0.2, -0.15) is 0 Å². The van der Waals surface area contributed by atoms with Crippen LogP contribution in [-0.4, -0.2) is 15.3 Å². The Kier molecular flexibility index (Phi) is 3.23. The minimum Gasteiger partial charge on any atom is -0.487 e. The quantitative estimate of drug-likeness (QED) is 0.756. The summed E-state index contributed by atoms with van der Waals surface area (Å²) in [6.45, 7) is 1.98. The van der Waals surface area contributed by atoms with E-state index in [1.54, 1.807) is 31.6 Å². The van der Waals surface area contributed by atoms with Crippen LogP contribution in [0.2, 0.25) is 0 Å². The van der Waals surface area contributed by atoms with Crippen LogP contribution in [0.4, 0.5) is 0 Å². The average molecular weight is 230 g/mol. The molecule has 17 heavy (non-hydrogen) atoms. The third kappa shape index (κ3) is 2.72. The van der Waals surface area contributed by atoms with Crippen molar-refractivity contribution in [2.24, 2.45) is 7.05 Å². The Hall–Kier alpha value is -2.10. The second-order valence-corrected chi connectivity index (χ2v) is 3.87. The van der Waals surface area contributed by atoms with E-state index in [2.05, 4.69) is 4.98 Å². The maximum Gasteiger partial charge on any atom is 0.159 e. The number of hydrogen-bond donors (Lipinski definition) is 0. The highest BCUT2D eigenvalue weighted by Crippen LogP contribution is 2.15. The summed E-state index contributed by atoms with van der Waals surface area (Å²) in [4.78, 5) is 15.2. The molecule has 0 N–H and O–H groups in total. The maximum atomic E-state index is 11.2. The molecule has 0 saturated heterocycles. The normalized spacial score (nSPS) is 10.2. The molecule has 0 amide bonds. The van der Waals surface area contributed by atoms with Crippen LogP contribution in [0.3, 0.4) is 0 Å². The van der Waals surface area contributed by atoms with Crippen molar-refractivity contribution in [3.05, 3.63) is 48.0 Å². The Morgan fingerprint density at radius 2 is 2.29 bits per heavy atom. The first-order valence-corrected chi connectivity index (χ1v) is 5.36. The van der Waals surface area contributed by atoms with Gasteiger partial charge in [0.15, 0.2) is 5.78 Å². The molecule has 0 unspecified atom stereocenters. The first-order chi connectivity index (χ1) is 8.16. The second-order valence-electron chi connectivity index (χ2n) is 3.87. The van der Waals surface area contributed by atoms with Crippen molar-refractivity contribution in [2.75, 3.05) is 0 Å². The summed E-state index contributed by atoms with van der Waals surface area (Å²) in [7, 11) is 1.91. The predicted octanol–water partition coefficient (Wildman–Crippen LogP) is 2.20. The molecule has 1 aromatic carbocycles. The number of aryl methyl sites for hydroxylation is 1. The molecule has 1 heterocycles. The molecule has 4 nitrogen and oxygen atoms in total. The van der Waals surface area contributed by atoms with E-state index in [4.69, 9.17) is 4.74 Å². The number of ether oxygens (including phenoxy) is 1. The molecule has 0 aliphatic rings. The molecule has 0 aliphatic carbocycles. The Bertz CT molecular complexity index is 532. The molecule has 0 fully saturated rings. The second kappa shape index (κ2) is 4.82. The molecule has 0 spiro atoms. The van der Waals surface area contributed by atoms with Crippen molar-refractivity contribution in [3.63, 3.8) is 0 Å². The van der Waals surface area contributed by atoms with Crippen molar-refractivity contribution in [1.29, 1.82) is 0 Å². The fraction of sp³-hybridized carbons (Fsp3) is 0.231. The monoisotopic (exact) mass is 230 g/mol. The lowest BCUT2D eigenvalue weighted by Crippen LogP contribution is -2.01. The Labute approximate surface area is 99.9 Å². The van der Waals surface area contributed by atoms with Gasteiger partial charge in [0, 0.05) is 12.6 Å². The lowest BCUT2D eigenvalue weighted by molar-refractivity contribution is 0.101. The summed E-state index contributed by atoms with van der Waals surface area (Å²) >= 11 is 0. The van der Waals surface area contributed by atoms with Crippen LogP contribution >= 0.6 is 0 Å². The Morgan fingerprint density at radius 3 is 2.94 bits per heavy atom. The topological polar surface area (TPSA) is 44.1 Å². The number of aromatic nitrogens is 2. The van der Waals surface area contributed by atoms with Crippen LogP contribution in [0.1, 0.15) is 23.0 Å². The molecular formula is C13H14N2O2. The van der Waals surface area contributed by atoms with Gasteiger partial charge in [0.25, 0.3) is 0 Å². The van der Waals surface area contributed by atoms with Gasteiger partial charge < -0.3 is 9.30 Å². The highest BCUT2D eigenvalue weighted by atomic mass is 16.5. The van der Waals surface area contributed by atoms with E-state index in [-0.39, 0.29) is 5.78 Å². The molecule has 4 heteroatoms. The minimum atomic E-state index is 0.0379. The summed E-state index contributed by atoms with van der Waals surface area (Å²) in [6, 6.07) is 7.18. The van der Waals surface area contributed by atoms with Gasteiger partial charge in [-0.25, -0.2) is 4.98 Å². The van der Waals surface area contributed by atoms with E-state index < -0.39 is 0 Å². The van der Waals surface area contributed by atoms with E-state index in [0.717, 1.165) is 5.69 Å². The van der Waals surface area contributed by atoms with Gasteiger partial charge in [-0.15, -0.1) is 0 Å². The Balaban J connectivity index is 2.07. The van der Waals surface area contributed by atoms with Gasteiger partial charge in [0.1, 0.15) is 12.4 Å². The third-order valence-corrected chi connectivity index (χ3v) is 2.54. The maximum absolute atomic E-state index is 11.2.